The molecule has 5 N–H and O–H groups in total. The number of nitrogens with two attached hydrogens (primary N) is 1. The Hall–Kier alpha value is -2.72. The van der Waals surface area contributed by atoms with E-state index in [0.29, 0.717) is 35.7 Å². The topological polar surface area (TPSA) is 147 Å². The third-order valence-corrected chi connectivity index (χ3v) is 5.24. The third-order valence-electron chi connectivity index (χ3n) is 3.63. The van der Waals surface area contributed by atoms with Gasteiger partial charge >= 0.3 is 6.03 Å². The van der Waals surface area contributed by atoms with Crippen LogP contribution in [0.3, 0.4) is 0 Å². The Kier molecular flexibility index (Phi) is 7.08. The van der Waals surface area contributed by atoms with E-state index in [2.05, 4.69) is 20.6 Å². The lowest BCUT2D eigenvalue weighted by Crippen LogP contribution is -2.29. The molecule has 1 aromatic heterocycles. The lowest BCUT2D eigenvalue weighted by atomic mass is 10.2. The first kappa shape index (κ1) is 20.6. The van der Waals surface area contributed by atoms with Crippen molar-refractivity contribution in [3.8, 4) is 11.4 Å². The molecule has 0 saturated carbocycles. The first-order valence-electron chi connectivity index (χ1n) is 8.43. The number of sulfone groups is 1. The van der Waals surface area contributed by atoms with Gasteiger partial charge in [0, 0.05) is 36.2 Å². The molecule has 0 unspecified atom stereocenters. The molecule has 0 aliphatic heterocycles. The zero-order valence-electron chi connectivity index (χ0n) is 15.0. The van der Waals surface area contributed by atoms with Crippen molar-refractivity contribution < 1.29 is 18.3 Å². The lowest BCUT2D eigenvalue weighted by Gasteiger charge is -2.09. The normalized spacial score (nSPS) is 11.2. The first-order chi connectivity index (χ1) is 12.8. The number of aliphatic hydroxyl groups is 1. The first-order valence-corrected chi connectivity index (χ1v) is 10.2. The Labute approximate surface area is 158 Å². The Morgan fingerprint density at radius 3 is 2.56 bits per heavy atom. The highest BCUT2D eigenvalue weighted by atomic mass is 32.2. The van der Waals surface area contributed by atoms with Crippen molar-refractivity contribution in [2.24, 2.45) is 0 Å². The van der Waals surface area contributed by atoms with E-state index >= 15 is 0 Å². The van der Waals surface area contributed by atoms with E-state index < -0.39 is 9.84 Å². The Morgan fingerprint density at radius 2 is 1.93 bits per heavy atom. The molecule has 0 fully saturated rings. The summed E-state index contributed by atoms with van der Waals surface area (Å²) in [5.41, 5.74) is 7.33. The largest absolute Gasteiger partial charge is 0.396 e. The highest BCUT2D eigenvalue weighted by molar-refractivity contribution is 7.90. The van der Waals surface area contributed by atoms with Crippen LogP contribution >= 0.6 is 0 Å². The summed E-state index contributed by atoms with van der Waals surface area (Å²) in [5.74, 6) is 0.325. The molecule has 9 nitrogen and oxygen atoms in total. The SMILES string of the molecule is CCS(=O)(=O)Cc1cc(N)nc(-c2ccc(NC(=O)NCCCO)cc2)n1. The molecular formula is C17H23N5O4S. The van der Waals surface area contributed by atoms with Crippen molar-refractivity contribution in [3.05, 3.63) is 36.0 Å². The molecule has 0 aliphatic carbocycles. The van der Waals surface area contributed by atoms with Gasteiger partial charge in [-0.3, -0.25) is 0 Å². The van der Waals surface area contributed by atoms with E-state index in [1.807, 2.05) is 0 Å². The molecule has 1 heterocycles. The summed E-state index contributed by atoms with van der Waals surface area (Å²) in [4.78, 5) is 20.1. The second-order valence-corrected chi connectivity index (χ2v) is 8.17. The predicted molar refractivity (Wildman–Crippen MR) is 104 cm³/mol. The van der Waals surface area contributed by atoms with Gasteiger partial charge < -0.3 is 21.5 Å². The molecular weight excluding hydrogens is 370 g/mol. The molecule has 2 rings (SSSR count). The molecule has 2 aromatic rings. The predicted octanol–water partition coefficient (Wildman–Crippen LogP) is 1.16. The van der Waals surface area contributed by atoms with Crippen molar-refractivity contribution in [1.29, 1.82) is 0 Å². The van der Waals surface area contributed by atoms with E-state index in [9.17, 15) is 13.2 Å². The summed E-state index contributed by atoms with van der Waals surface area (Å²) in [6, 6.07) is 7.84. The van der Waals surface area contributed by atoms with Gasteiger partial charge in [0.05, 0.1) is 11.4 Å². The zero-order valence-corrected chi connectivity index (χ0v) is 15.8. The number of aromatic nitrogens is 2. The molecule has 1 aromatic carbocycles. The molecule has 0 spiro atoms. The van der Waals surface area contributed by atoms with Crippen LogP contribution in [0.5, 0.6) is 0 Å². The number of carbonyl (C=O) groups is 1. The van der Waals surface area contributed by atoms with Gasteiger partial charge in [-0.2, -0.15) is 0 Å². The molecule has 0 bridgehead atoms. The maximum atomic E-state index is 11.8. The number of rotatable bonds is 8. The van der Waals surface area contributed by atoms with Crippen molar-refractivity contribution in [2.75, 3.05) is 30.0 Å². The zero-order chi connectivity index (χ0) is 19.9. The van der Waals surface area contributed by atoms with E-state index in [-0.39, 0.29) is 30.0 Å². The Balaban J connectivity index is 2.12. The van der Waals surface area contributed by atoms with Gasteiger partial charge in [-0.05, 0) is 30.7 Å². The summed E-state index contributed by atoms with van der Waals surface area (Å²) >= 11 is 0. The lowest BCUT2D eigenvalue weighted by molar-refractivity contribution is 0.249. The smallest absolute Gasteiger partial charge is 0.319 e. The van der Waals surface area contributed by atoms with Gasteiger partial charge in [0.2, 0.25) is 0 Å². The standard InChI is InChI=1S/C17H23N5O4S/c1-2-27(25,26)11-14-10-15(18)22-16(20-14)12-4-6-13(7-5-12)21-17(24)19-8-3-9-23/h4-7,10,23H,2-3,8-9,11H2,1H3,(H2,18,20,22)(H2,19,21,24). The van der Waals surface area contributed by atoms with Gasteiger partial charge in [0.15, 0.2) is 15.7 Å². The number of hydrogen-bond acceptors (Lipinski definition) is 7. The number of hydrogen-bond donors (Lipinski definition) is 4. The minimum absolute atomic E-state index is 0.0106. The number of aliphatic hydroxyl groups excluding tert-OH is 1. The molecule has 0 saturated heterocycles. The van der Waals surface area contributed by atoms with Crippen molar-refractivity contribution in [2.45, 2.75) is 19.1 Å². The maximum Gasteiger partial charge on any atom is 0.319 e. The van der Waals surface area contributed by atoms with Gasteiger partial charge in [0.25, 0.3) is 0 Å². The molecule has 146 valence electrons. The second kappa shape index (κ2) is 9.28. The van der Waals surface area contributed by atoms with E-state index in [4.69, 9.17) is 10.8 Å². The Bertz CT molecular complexity index is 885. The highest BCUT2D eigenvalue weighted by Gasteiger charge is 2.13. The van der Waals surface area contributed by atoms with Crippen LogP contribution in [0.25, 0.3) is 11.4 Å². The van der Waals surface area contributed by atoms with Gasteiger partial charge in [-0.25, -0.2) is 23.2 Å². The van der Waals surface area contributed by atoms with Gasteiger partial charge in [-0.15, -0.1) is 0 Å². The molecule has 0 aliphatic rings. The summed E-state index contributed by atoms with van der Waals surface area (Å²) < 4.78 is 23.6. The number of carbonyl (C=O) groups excluding carboxylic acids is 1. The molecule has 2 amide bonds. The number of amides is 2. The van der Waals surface area contributed by atoms with E-state index in [0.717, 1.165) is 0 Å². The number of nitrogens with zero attached hydrogens (tertiary/aromatic N) is 2. The molecule has 10 heteroatoms. The second-order valence-electron chi connectivity index (χ2n) is 5.82. The average Bonchev–Trinajstić information content (AvgIpc) is 2.61. The molecule has 0 radical (unpaired) electrons. The fourth-order valence-electron chi connectivity index (χ4n) is 2.21. The third kappa shape index (κ3) is 6.50. The summed E-state index contributed by atoms with van der Waals surface area (Å²) in [6.45, 7) is 1.96. The fraction of sp³-hybridized carbons (Fsp3) is 0.353. The van der Waals surface area contributed by atoms with Crippen molar-refractivity contribution in [1.82, 2.24) is 15.3 Å². The summed E-state index contributed by atoms with van der Waals surface area (Å²) in [5, 5.41) is 14.0. The van der Waals surface area contributed by atoms with E-state index in [1.54, 1.807) is 31.2 Å². The van der Waals surface area contributed by atoms with E-state index in [1.165, 1.54) is 6.07 Å². The number of benzene rings is 1. The van der Waals surface area contributed by atoms with Gasteiger partial charge in [-0.1, -0.05) is 6.92 Å². The van der Waals surface area contributed by atoms with Gasteiger partial charge in [0.1, 0.15) is 5.82 Å². The van der Waals surface area contributed by atoms with Crippen LogP contribution in [0.1, 0.15) is 19.0 Å². The quantitative estimate of drug-likeness (QED) is 0.492. The highest BCUT2D eigenvalue weighted by Crippen LogP contribution is 2.20. The van der Waals surface area contributed by atoms with Crippen LogP contribution in [0, 0.1) is 0 Å². The molecule has 0 atom stereocenters. The number of anilines is 2. The minimum atomic E-state index is -3.23. The minimum Gasteiger partial charge on any atom is -0.396 e. The van der Waals surface area contributed by atoms with Crippen LogP contribution in [0.4, 0.5) is 16.3 Å². The number of urea groups is 1. The monoisotopic (exact) mass is 393 g/mol. The number of nitrogens with one attached hydrogen (secondary N) is 2. The van der Waals surface area contributed by atoms with Crippen LogP contribution in [0.2, 0.25) is 0 Å². The Morgan fingerprint density at radius 1 is 1.22 bits per heavy atom. The van der Waals surface area contributed by atoms with Crippen LogP contribution in [-0.4, -0.2) is 48.4 Å². The van der Waals surface area contributed by atoms with Crippen molar-refractivity contribution >= 4 is 27.4 Å². The van der Waals surface area contributed by atoms with Crippen LogP contribution < -0.4 is 16.4 Å². The average molecular weight is 393 g/mol. The summed E-state index contributed by atoms with van der Waals surface area (Å²) in [6.07, 6.45) is 0.481. The maximum absolute atomic E-state index is 11.8. The summed E-state index contributed by atoms with van der Waals surface area (Å²) in [7, 11) is -3.23. The van der Waals surface area contributed by atoms with Crippen LogP contribution in [-0.2, 0) is 15.6 Å². The fourth-order valence-corrected chi connectivity index (χ4v) is 3.01. The number of nitrogen functional groups attached to an aromatic ring is 1. The van der Waals surface area contributed by atoms with Crippen molar-refractivity contribution in [3.63, 3.8) is 0 Å². The molecule has 27 heavy (non-hydrogen) atoms. The van der Waals surface area contributed by atoms with Crippen LogP contribution in [0.15, 0.2) is 30.3 Å².